The third-order valence-electron chi connectivity index (χ3n) is 3.60. The van der Waals surface area contributed by atoms with Gasteiger partial charge in [-0.1, -0.05) is 18.2 Å². The van der Waals surface area contributed by atoms with Crippen molar-refractivity contribution in [1.29, 1.82) is 5.26 Å². The van der Waals surface area contributed by atoms with Crippen LogP contribution in [-0.4, -0.2) is 6.21 Å². The molecule has 2 nitrogen and oxygen atoms in total. The second kappa shape index (κ2) is 5.58. The Morgan fingerprint density at radius 2 is 2.00 bits per heavy atom. The molecular weight excluding hydrogens is 309 g/mol. The summed E-state index contributed by atoms with van der Waals surface area (Å²) in [6, 6.07) is 7.42. The third-order valence-corrected chi connectivity index (χ3v) is 4.80. The smallest absolute Gasteiger partial charge is 0.244 e. The molecule has 1 aliphatic rings. The van der Waals surface area contributed by atoms with Gasteiger partial charge in [-0.2, -0.15) is 18.4 Å². The summed E-state index contributed by atoms with van der Waals surface area (Å²) in [5.74, 6) is 0. The van der Waals surface area contributed by atoms with Crippen LogP contribution in [0.25, 0.3) is 0 Å². The van der Waals surface area contributed by atoms with E-state index in [-0.39, 0.29) is 5.56 Å². The van der Waals surface area contributed by atoms with Crippen molar-refractivity contribution in [2.75, 3.05) is 0 Å². The summed E-state index contributed by atoms with van der Waals surface area (Å²) in [5, 5.41) is 9.76. The van der Waals surface area contributed by atoms with Crippen molar-refractivity contribution in [3.63, 3.8) is 0 Å². The van der Waals surface area contributed by atoms with Gasteiger partial charge in [0, 0.05) is 16.7 Å². The van der Waals surface area contributed by atoms with E-state index < -0.39 is 11.7 Å². The zero-order chi connectivity index (χ0) is 15.7. The predicted molar refractivity (Wildman–Crippen MR) is 79.8 cm³/mol. The number of alkyl halides is 3. The molecule has 0 saturated heterocycles. The lowest BCUT2D eigenvalue weighted by molar-refractivity contribution is -0.137. The predicted octanol–water partition coefficient (Wildman–Crippen LogP) is 4.88. The van der Waals surface area contributed by atoms with E-state index in [4.69, 9.17) is 0 Å². The van der Waals surface area contributed by atoms with Gasteiger partial charge in [0.15, 0.2) is 0 Å². The zero-order valence-corrected chi connectivity index (χ0v) is 12.3. The van der Waals surface area contributed by atoms with E-state index in [1.807, 2.05) is 0 Å². The number of rotatable bonds is 2. The van der Waals surface area contributed by atoms with E-state index in [0.717, 1.165) is 35.8 Å². The van der Waals surface area contributed by atoms with Crippen LogP contribution in [0.5, 0.6) is 0 Å². The summed E-state index contributed by atoms with van der Waals surface area (Å²) < 4.78 is 38.8. The Morgan fingerprint density at radius 1 is 1.23 bits per heavy atom. The normalized spacial score (nSPS) is 14.3. The van der Waals surface area contributed by atoms with E-state index in [2.05, 4.69) is 11.1 Å². The number of thiophene rings is 1. The SMILES string of the molecule is N#Cc1c(N=Cc2ccccc2C(F)(F)F)sc2c1CCC2. The highest BCUT2D eigenvalue weighted by Crippen LogP contribution is 2.40. The molecule has 22 heavy (non-hydrogen) atoms. The van der Waals surface area contributed by atoms with E-state index in [1.165, 1.54) is 35.8 Å². The average molecular weight is 320 g/mol. The molecule has 1 aromatic heterocycles. The van der Waals surface area contributed by atoms with Crippen LogP contribution in [0.1, 0.15) is 33.6 Å². The summed E-state index contributed by atoms with van der Waals surface area (Å²) in [4.78, 5) is 5.29. The number of aliphatic imine (C=N–C) groups is 1. The van der Waals surface area contributed by atoms with E-state index in [0.29, 0.717) is 10.6 Å². The van der Waals surface area contributed by atoms with Crippen LogP contribution in [0.3, 0.4) is 0 Å². The summed E-state index contributed by atoms with van der Waals surface area (Å²) in [6.07, 6.45) is -0.425. The highest BCUT2D eigenvalue weighted by Gasteiger charge is 2.32. The number of fused-ring (bicyclic) bond motifs is 1. The van der Waals surface area contributed by atoms with Gasteiger partial charge < -0.3 is 0 Å². The maximum Gasteiger partial charge on any atom is 0.417 e. The minimum absolute atomic E-state index is 0.00690. The second-order valence-corrected chi connectivity index (χ2v) is 6.08. The fourth-order valence-electron chi connectivity index (χ4n) is 2.59. The molecule has 0 radical (unpaired) electrons. The minimum Gasteiger partial charge on any atom is -0.244 e. The molecule has 0 bridgehead atoms. The highest BCUT2D eigenvalue weighted by molar-refractivity contribution is 7.16. The lowest BCUT2D eigenvalue weighted by Gasteiger charge is -2.09. The molecule has 0 saturated carbocycles. The first kappa shape index (κ1) is 14.8. The molecule has 112 valence electrons. The maximum atomic E-state index is 12.9. The van der Waals surface area contributed by atoms with Crippen molar-refractivity contribution < 1.29 is 13.2 Å². The number of benzene rings is 1. The molecule has 6 heteroatoms. The van der Waals surface area contributed by atoms with Gasteiger partial charge in [0.05, 0.1) is 11.1 Å². The first-order valence-electron chi connectivity index (χ1n) is 6.75. The quantitative estimate of drug-likeness (QED) is 0.727. The Morgan fingerprint density at radius 3 is 2.73 bits per heavy atom. The standard InChI is InChI=1S/C16H11F3N2S/c17-16(18,19)13-6-2-1-4-10(13)9-21-15-12(8-20)11-5-3-7-14(11)22-15/h1-2,4,6,9H,3,5,7H2. The molecule has 0 N–H and O–H groups in total. The van der Waals surface area contributed by atoms with Crippen molar-refractivity contribution in [3.05, 3.63) is 51.4 Å². The Labute approximate surface area is 129 Å². The Balaban J connectivity index is 1.99. The van der Waals surface area contributed by atoms with Crippen LogP contribution in [0.4, 0.5) is 18.2 Å². The molecule has 3 rings (SSSR count). The molecule has 0 fully saturated rings. The van der Waals surface area contributed by atoms with Crippen LogP contribution in [0.15, 0.2) is 29.3 Å². The van der Waals surface area contributed by atoms with E-state index in [1.54, 1.807) is 0 Å². The zero-order valence-electron chi connectivity index (χ0n) is 11.4. The van der Waals surface area contributed by atoms with Gasteiger partial charge in [-0.25, -0.2) is 4.99 Å². The topological polar surface area (TPSA) is 36.1 Å². The first-order chi connectivity index (χ1) is 10.5. The van der Waals surface area contributed by atoms with Crippen molar-refractivity contribution in [1.82, 2.24) is 0 Å². The Bertz CT molecular complexity index is 782. The first-order valence-corrected chi connectivity index (χ1v) is 7.57. The lowest BCUT2D eigenvalue weighted by atomic mass is 10.1. The molecule has 0 spiro atoms. The molecule has 1 aromatic carbocycles. The van der Waals surface area contributed by atoms with Gasteiger partial charge in [0.25, 0.3) is 0 Å². The van der Waals surface area contributed by atoms with Crippen molar-refractivity contribution >= 4 is 22.6 Å². The van der Waals surface area contributed by atoms with Crippen molar-refractivity contribution in [2.24, 2.45) is 4.99 Å². The summed E-state index contributed by atoms with van der Waals surface area (Å²) in [7, 11) is 0. The van der Waals surface area contributed by atoms with Crippen LogP contribution in [0, 0.1) is 11.3 Å². The maximum absolute atomic E-state index is 12.9. The number of aryl methyl sites for hydroxylation is 1. The summed E-state index contributed by atoms with van der Waals surface area (Å²) in [6.45, 7) is 0. The largest absolute Gasteiger partial charge is 0.417 e. The molecule has 0 amide bonds. The molecule has 1 heterocycles. The summed E-state index contributed by atoms with van der Waals surface area (Å²) >= 11 is 1.40. The highest BCUT2D eigenvalue weighted by atomic mass is 32.1. The van der Waals surface area contributed by atoms with E-state index in [9.17, 15) is 18.4 Å². The van der Waals surface area contributed by atoms with Crippen LogP contribution in [-0.2, 0) is 19.0 Å². The molecule has 1 aliphatic carbocycles. The minimum atomic E-state index is -4.42. The fraction of sp³-hybridized carbons (Fsp3) is 0.250. The van der Waals surface area contributed by atoms with Crippen LogP contribution < -0.4 is 0 Å². The van der Waals surface area contributed by atoms with Gasteiger partial charge in [0.1, 0.15) is 11.1 Å². The average Bonchev–Trinajstić information content (AvgIpc) is 3.04. The number of halogens is 3. The van der Waals surface area contributed by atoms with Crippen LogP contribution in [0.2, 0.25) is 0 Å². The van der Waals surface area contributed by atoms with Gasteiger partial charge in [0.2, 0.25) is 0 Å². The summed E-state index contributed by atoms with van der Waals surface area (Å²) in [5.41, 5.74) is 0.816. The van der Waals surface area contributed by atoms with Crippen molar-refractivity contribution in [3.8, 4) is 6.07 Å². The van der Waals surface area contributed by atoms with Crippen LogP contribution >= 0.6 is 11.3 Å². The lowest BCUT2D eigenvalue weighted by Crippen LogP contribution is -2.08. The molecule has 0 atom stereocenters. The Kier molecular flexibility index (Phi) is 3.75. The Hall–Kier alpha value is -2.13. The van der Waals surface area contributed by atoms with E-state index >= 15 is 0 Å². The number of nitriles is 1. The molecular formula is C16H11F3N2S. The van der Waals surface area contributed by atoms with Gasteiger partial charge in [-0.3, -0.25) is 0 Å². The van der Waals surface area contributed by atoms with Gasteiger partial charge in [-0.05, 0) is 30.9 Å². The monoisotopic (exact) mass is 320 g/mol. The number of hydrogen-bond acceptors (Lipinski definition) is 3. The number of nitrogens with zero attached hydrogens (tertiary/aromatic N) is 2. The second-order valence-electron chi connectivity index (χ2n) is 4.99. The molecule has 0 aliphatic heterocycles. The molecule has 2 aromatic rings. The van der Waals surface area contributed by atoms with Crippen molar-refractivity contribution in [2.45, 2.75) is 25.4 Å². The van der Waals surface area contributed by atoms with Gasteiger partial charge in [-0.15, -0.1) is 11.3 Å². The fourth-order valence-corrected chi connectivity index (χ4v) is 3.78. The number of hydrogen-bond donors (Lipinski definition) is 0. The molecule has 0 unspecified atom stereocenters. The third kappa shape index (κ3) is 2.64. The van der Waals surface area contributed by atoms with Gasteiger partial charge >= 0.3 is 6.18 Å².